The van der Waals surface area contributed by atoms with Crippen LogP contribution < -0.4 is 14.9 Å². The Kier molecular flexibility index (Phi) is 6.39. The first kappa shape index (κ1) is 22.9. The Morgan fingerprint density at radius 3 is 2.91 bits per heavy atom. The summed E-state index contributed by atoms with van der Waals surface area (Å²) in [7, 11) is 3.80. The van der Waals surface area contributed by atoms with Crippen molar-refractivity contribution in [3.8, 4) is 5.69 Å². The van der Waals surface area contributed by atoms with E-state index in [0.29, 0.717) is 25.1 Å². The number of allylic oxidation sites excluding steroid dienone is 6. The lowest BCUT2D eigenvalue weighted by atomic mass is 10.1. The zero-order chi connectivity index (χ0) is 24.4. The van der Waals surface area contributed by atoms with Gasteiger partial charge in [0.2, 0.25) is 5.43 Å². The summed E-state index contributed by atoms with van der Waals surface area (Å²) in [4.78, 5) is 19.4. The van der Waals surface area contributed by atoms with Crippen LogP contribution >= 0.6 is 0 Å². The van der Waals surface area contributed by atoms with Crippen molar-refractivity contribution in [2.24, 2.45) is 14.1 Å². The predicted molar refractivity (Wildman–Crippen MR) is 132 cm³/mol. The highest BCUT2D eigenvalue weighted by atomic mass is 19.1. The van der Waals surface area contributed by atoms with Crippen molar-refractivity contribution in [1.82, 2.24) is 24.5 Å². The number of nitrogens with zero attached hydrogens (tertiary/aromatic N) is 7. The molecule has 35 heavy (non-hydrogen) atoms. The van der Waals surface area contributed by atoms with E-state index in [0.717, 1.165) is 47.7 Å². The predicted octanol–water partition coefficient (Wildman–Crippen LogP) is 2.64. The second kappa shape index (κ2) is 9.77. The second-order valence-electron chi connectivity index (χ2n) is 9.07. The van der Waals surface area contributed by atoms with Crippen LogP contribution in [0.4, 0.5) is 10.1 Å². The van der Waals surface area contributed by atoms with Crippen molar-refractivity contribution in [3.05, 3.63) is 88.7 Å². The van der Waals surface area contributed by atoms with Crippen molar-refractivity contribution in [1.29, 1.82) is 0 Å². The minimum Gasteiger partial charge on any atom is -0.363 e. The minimum atomic E-state index is -0.789. The number of alkyl halides is 1. The van der Waals surface area contributed by atoms with Crippen LogP contribution in [0.1, 0.15) is 30.8 Å². The van der Waals surface area contributed by atoms with Gasteiger partial charge in [0.15, 0.2) is 6.20 Å². The van der Waals surface area contributed by atoms with Gasteiger partial charge in [0.05, 0.1) is 25.0 Å². The molecule has 1 aliphatic carbocycles. The first-order chi connectivity index (χ1) is 17.0. The van der Waals surface area contributed by atoms with Crippen LogP contribution in [-0.4, -0.2) is 43.8 Å². The molecule has 1 unspecified atom stereocenters. The number of aryl methyl sites for hydroxylation is 2. The Morgan fingerprint density at radius 2 is 2.14 bits per heavy atom. The van der Waals surface area contributed by atoms with E-state index in [1.807, 2.05) is 37.3 Å². The van der Waals surface area contributed by atoms with E-state index in [4.69, 9.17) is 4.98 Å². The van der Waals surface area contributed by atoms with E-state index in [9.17, 15) is 9.18 Å². The van der Waals surface area contributed by atoms with Crippen molar-refractivity contribution >= 4 is 11.3 Å². The lowest BCUT2D eigenvalue weighted by molar-refractivity contribution is -0.676. The molecule has 1 saturated heterocycles. The molecule has 9 heteroatoms. The quantitative estimate of drug-likeness (QED) is 0.532. The molecule has 3 aromatic rings. The molecule has 0 N–H and O–H groups in total. The van der Waals surface area contributed by atoms with E-state index in [-0.39, 0.29) is 5.43 Å². The fourth-order valence-corrected chi connectivity index (χ4v) is 4.53. The summed E-state index contributed by atoms with van der Waals surface area (Å²) in [5, 5.41) is 8.75. The summed E-state index contributed by atoms with van der Waals surface area (Å²) in [6.07, 6.45) is 19.2. The fraction of sp³-hybridized carbons (Fsp3) is 0.346. The van der Waals surface area contributed by atoms with Gasteiger partial charge >= 0.3 is 5.82 Å². The molecule has 0 spiro atoms. The lowest BCUT2D eigenvalue weighted by Gasteiger charge is -2.29. The van der Waals surface area contributed by atoms with Gasteiger partial charge in [-0.25, -0.2) is 13.6 Å². The molecule has 2 aliphatic rings. The first-order valence-corrected chi connectivity index (χ1v) is 11.9. The molecule has 5 rings (SSSR count). The van der Waals surface area contributed by atoms with Crippen LogP contribution in [0, 0.1) is 0 Å². The Balaban J connectivity index is 1.40. The minimum absolute atomic E-state index is 0.0982. The SMILES string of the molecule is Cn1cc(-n2ccc(=O)c(CC3=CCC=CC(c4ncc(N5CCCC(F)C5)c[n+]4C)=C3)n2)cn1. The summed E-state index contributed by atoms with van der Waals surface area (Å²) in [5.74, 6) is 0.806. The molecule has 1 atom stereocenters. The zero-order valence-corrected chi connectivity index (χ0v) is 20.0. The largest absolute Gasteiger partial charge is 0.363 e. The second-order valence-corrected chi connectivity index (χ2v) is 9.07. The molecule has 1 aliphatic heterocycles. The van der Waals surface area contributed by atoms with E-state index >= 15 is 0 Å². The molecule has 0 saturated carbocycles. The van der Waals surface area contributed by atoms with Crippen molar-refractivity contribution < 1.29 is 8.96 Å². The van der Waals surface area contributed by atoms with Gasteiger partial charge in [-0.05, 0) is 35.9 Å². The molecule has 0 radical (unpaired) electrons. The van der Waals surface area contributed by atoms with Gasteiger partial charge in [-0.2, -0.15) is 10.2 Å². The number of hydrogen-bond donors (Lipinski definition) is 0. The average molecular weight is 475 g/mol. The molecule has 180 valence electrons. The smallest absolute Gasteiger partial charge is 0.330 e. The molecule has 1 fully saturated rings. The third-order valence-corrected chi connectivity index (χ3v) is 6.33. The maximum Gasteiger partial charge on any atom is 0.330 e. The molecular weight excluding hydrogens is 445 g/mol. The maximum absolute atomic E-state index is 13.9. The maximum atomic E-state index is 13.9. The molecule has 3 aromatic heterocycles. The highest BCUT2D eigenvalue weighted by molar-refractivity contribution is 5.71. The Labute approximate surface area is 203 Å². The number of aromatic nitrogens is 6. The van der Waals surface area contributed by atoms with Crippen LogP contribution in [0.2, 0.25) is 0 Å². The van der Waals surface area contributed by atoms with Crippen LogP contribution in [0.15, 0.2) is 71.7 Å². The number of halogens is 1. The van der Waals surface area contributed by atoms with Crippen LogP contribution in [0.3, 0.4) is 0 Å². The number of rotatable bonds is 5. The van der Waals surface area contributed by atoms with E-state index in [1.165, 1.54) is 0 Å². The normalized spacial score (nSPS) is 18.3. The molecular formula is C26H29FN7O+. The monoisotopic (exact) mass is 474 g/mol. The summed E-state index contributed by atoms with van der Waals surface area (Å²) < 4.78 is 19.2. The summed E-state index contributed by atoms with van der Waals surface area (Å²) >= 11 is 0. The van der Waals surface area contributed by atoms with Crippen molar-refractivity contribution in [2.75, 3.05) is 18.0 Å². The van der Waals surface area contributed by atoms with Gasteiger partial charge in [-0.15, -0.1) is 0 Å². The number of anilines is 1. The van der Waals surface area contributed by atoms with E-state index in [1.54, 1.807) is 27.8 Å². The Morgan fingerprint density at radius 1 is 1.26 bits per heavy atom. The van der Waals surface area contributed by atoms with Crippen molar-refractivity contribution in [2.45, 2.75) is 31.9 Å². The molecule has 8 nitrogen and oxygen atoms in total. The number of piperidine rings is 1. The van der Waals surface area contributed by atoms with Gasteiger partial charge < -0.3 is 4.90 Å². The number of hydrogen-bond acceptors (Lipinski definition) is 5. The zero-order valence-electron chi connectivity index (χ0n) is 20.0. The Bertz CT molecular complexity index is 1380. The molecule has 4 heterocycles. The average Bonchev–Trinajstić information content (AvgIpc) is 3.15. The van der Waals surface area contributed by atoms with Crippen LogP contribution in [0.5, 0.6) is 0 Å². The highest BCUT2D eigenvalue weighted by Crippen LogP contribution is 2.23. The van der Waals surface area contributed by atoms with Gasteiger partial charge in [-0.3, -0.25) is 9.48 Å². The van der Waals surface area contributed by atoms with Gasteiger partial charge in [-0.1, -0.05) is 18.2 Å². The van der Waals surface area contributed by atoms with E-state index < -0.39 is 6.17 Å². The topological polar surface area (TPSA) is 72.7 Å². The van der Waals surface area contributed by atoms with Crippen LogP contribution in [-0.2, 0) is 20.5 Å². The van der Waals surface area contributed by atoms with Gasteiger partial charge in [0.1, 0.15) is 29.4 Å². The molecule has 0 bridgehead atoms. The summed E-state index contributed by atoms with van der Waals surface area (Å²) in [6.45, 7) is 1.26. The van der Waals surface area contributed by atoms with Crippen LogP contribution in [0.25, 0.3) is 11.3 Å². The third kappa shape index (κ3) is 5.13. The molecule has 0 aromatic carbocycles. The van der Waals surface area contributed by atoms with E-state index in [2.05, 4.69) is 39.4 Å². The van der Waals surface area contributed by atoms with Gasteiger partial charge in [0, 0.05) is 38.8 Å². The standard InChI is InChI=1S/C26H29FN7O/c1-31-17-22(33-10-5-8-21(27)16-33)14-28-26(31)20-7-4-3-6-19(12-20)13-24-25(35)9-11-34(30-24)23-15-29-32(2)18-23/h4,6-7,9,11-12,14-15,17-18,21H,3,5,8,10,13,16H2,1-2H3/q+1. The Hall–Kier alpha value is -3.88. The van der Waals surface area contributed by atoms with Gasteiger partial charge in [0.25, 0.3) is 0 Å². The fourth-order valence-electron chi connectivity index (χ4n) is 4.53. The van der Waals surface area contributed by atoms with Crippen molar-refractivity contribution in [3.63, 3.8) is 0 Å². The lowest BCUT2D eigenvalue weighted by Crippen LogP contribution is -2.40. The first-order valence-electron chi connectivity index (χ1n) is 11.9. The highest BCUT2D eigenvalue weighted by Gasteiger charge is 2.23. The summed E-state index contributed by atoms with van der Waals surface area (Å²) in [5.41, 5.74) is 4.05. The third-order valence-electron chi connectivity index (χ3n) is 6.33. The molecule has 0 amide bonds. The summed E-state index contributed by atoms with van der Waals surface area (Å²) in [6, 6.07) is 1.54.